The second kappa shape index (κ2) is 7.22. The Labute approximate surface area is 131 Å². The third-order valence-corrected chi connectivity index (χ3v) is 4.08. The van der Waals surface area contributed by atoms with Crippen molar-refractivity contribution < 1.29 is 9.94 Å². The summed E-state index contributed by atoms with van der Waals surface area (Å²) >= 11 is 0. The van der Waals surface area contributed by atoms with Crippen molar-refractivity contribution in [3.63, 3.8) is 0 Å². The minimum absolute atomic E-state index is 0.370. The first-order chi connectivity index (χ1) is 10.6. The van der Waals surface area contributed by atoms with Gasteiger partial charge in [-0.05, 0) is 56.9 Å². The van der Waals surface area contributed by atoms with Crippen LogP contribution in [-0.4, -0.2) is 28.6 Å². The lowest BCUT2D eigenvalue weighted by atomic mass is 9.87. The molecule has 0 radical (unpaired) electrons. The van der Waals surface area contributed by atoms with Crippen molar-refractivity contribution in [1.29, 1.82) is 0 Å². The summed E-state index contributed by atoms with van der Waals surface area (Å²) in [5, 5.41) is 12.5. The summed E-state index contributed by atoms with van der Waals surface area (Å²) in [5.41, 5.74) is 10.4. The highest BCUT2D eigenvalue weighted by Gasteiger charge is 2.27. The van der Waals surface area contributed by atoms with Crippen LogP contribution in [0.25, 0.3) is 0 Å². The first-order valence-corrected chi connectivity index (χ1v) is 7.45. The van der Waals surface area contributed by atoms with Gasteiger partial charge < -0.3 is 15.7 Å². The average Bonchev–Trinajstić information content (AvgIpc) is 2.54. The Morgan fingerprint density at radius 2 is 2.05 bits per heavy atom. The van der Waals surface area contributed by atoms with Crippen molar-refractivity contribution in [1.82, 2.24) is 4.98 Å². The van der Waals surface area contributed by atoms with Gasteiger partial charge in [-0.15, -0.1) is 0 Å². The summed E-state index contributed by atoms with van der Waals surface area (Å²) < 4.78 is 5.93. The quantitative estimate of drug-likeness (QED) is 0.498. The summed E-state index contributed by atoms with van der Waals surface area (Å²) in [4.78, 5) is 4.29. The van der Waals surface area contributed by atoms with Gasteiger partial charge in [0, 0.05) is 17.5 Å². The van der Waals surface area contributed by atoms with Crippen LogP contribution in [0.3, 0.4) is 0 Å². The van der Waals surface area contributed by atoms with Crippen LogP contribution in [0.2, 0.25) is 0 Å². The number of allylic oxidation sites excluding steroid dienone is 1. The molecule has 0 bridgehead atoms. The predicted octanol–water partition coefficient (Wildman–Crippen LogP) is 2.81. The number of hydrogen-bond donors (Lipinski definition) is 2. The minimum atomic E-state index is -0.370. The molecule has 0 saturated carbocycles. The lowest BCUT2D eigenvalue weighted by Crippen LogP contribution is -2.36. The normalized spacial score (nSPS) is 20.7. The molecule has 1 aromatic rings. The van der Waals surface area contributed by atoms with Crippen molar-refractivity contribution in [3.05, 3.63) is 52.6 Å². The van der Waals surface area contributed by atoms with Gasteiger partial charge in [0.1, 0.15) is 11.5 Å². The van der Waals surface area contributed by atoms with Gasteiger partial charge in [-0.3, -0.25) is 4.98 Å². The van der Waals surface area contributed by atoms with E-state index in [1.54, 1.807) is 6.20 Å². The zero-order chi connectivity index (χ0) is 16.1. The summed E-state index contributed by atoms with van der Waals surface area (Å²) in [5.74, 6) is 0.771. The molecular weight excluding hydrogens is 278 g/mol. The number of nitrogens with zero attached hydrogens (tertiary/aromatic N) is 2. The molecule has 2 rings (SSSR count). The summed E-state index contributed by atoms with van der Waals surface area (Å²) in [6.07, 6.45) is 3.54. The van der Waals surface area contributed by atoms with Gasteiger partial charge in [-0.25, -0.2) is 0 Å². The predicted molar refractivity (Wildman–Crippen MR) is 86.8 cm³/mol. The Bertz CT molecular complexity index is 616. The Morgan fingerprint density at radius 1 is 1.27 bits per heavy atom. The highest BCUT2D eigenvalue weighted by Crippen LogP contribution is 2.28. The van der Waals surface area contributed by atoms with E-state index in [0.717, 1.165) is 41.0 Å². The molecule has 1 aromatic heterocycles. The van der Waals surface area contributed by atoms with Crippen LogP contribution in [0, 0.1) is 0 Å². The van der Waals surface area contributed by atoms with Crippen LogP contribution < -0.4 is 5.73 Å². The molecule has 1 heterocycles. The van der Waals surface area contributed by atoms with Crippen LogP contribution in [0.5, 0.6) is 0 Å². The fraction of sp³-hybridized carbons (Fsp3) is 0.412. The minimum Gasteiger partial charge on any atom is -0.493 e. The van der Waals surface area contributed by atoms with E-state index < -0.39 is 0 Å². The van der Waals surface area contributed by atoms with Gasteiger partial charge in [-0.2, -0.15) is 0 Å². The molecule has 5 heteroatoms. The van der Waals surface area contributed by atoms with E-state index in [0.29, 0.717) is 12.3 Å². The highest BCUT2D eigenvalue weighted by atomic mass is 16.5. The number of aromatic nitrogens is 1. The lowest BCUT2D eigenvalue weighted by molar-refractivity contribution is 0.212. The number of pyridine rings is 1. The van der Waals surface area contributed by atoms with E-state index in [1.165, 1.54) is 0 Å². The summed E-state index contributed by atoms with van der Waals surface area (Å²) in [7, 11) is 0. The van der Waals surface area contributed by atoms with Crippen molar-refractivity contribution in [2.45, 2.75) is 39.7 Å². The molecule has 1 atom stereocenters. The lowest BCUT2D eigenvalue weighted by Gasteiger charge is -2.26. The smallest absolute Gasteiger partial charge is 0.127 e. The zero-order valence-corrected chi connectivity index (χ0v) is 13.3. The molecule has 0 aliphatic heterocycles. The van der Waals surface area contributed by atoms with Crippen LogP contribution in [-0.2, 0) is 11.2 Å². The van der Waals surface area contributed by atoms with E-state index in [4.69, 9.17) is 15.7 Å². The molecule has 0 aromatic carbocycles. The standard InChI is InChI=1S/C17H23N3O2/c1-11-12(2)17(13(3)16(20-21)15(11)18)22-10-6-8-14-7-4-5-9-19-14/h4-5,7,9,15,21H,6,8,10,18H2,1-3H3. The maximum Gasteiger partial charge on any atom is 0.127 e. The van der Waals surface area contributed by atoms with Crippen LogP contribution in [0.1, 0.15) is 32.9 Å². The van der Waals surface area contributed by atoms with E-state index in [2.05, 4.69) is 10.1 Å². The zero-order valence-electron chi connectivity index (χ0n) is 13.3. The summed E-state index contributed by atoms with van der Waals surface area (Å²) in [6.45, 7) is 6.39. The molecular formula is C17H23N3O2. The van der Waals surface area contributed by atoms with E-state index >= 15 is 0 Å². The van der Waals surface area contributed by atoms with Crippen LogP contribution in [0.4, 0.5) is 0 Å². The van der Waals surface area contributed by atoms with Crippen molar-refractivity contribution >= 4 is 5.71 Å². The number of nitrogens with two attached hydrogens (primary N) is 1. The molecule has 0 fully saturated rings. The molecule has 0 amide bonds. The largest absolute Gasteiger partial charge is 0.493 e. The fourth-order valence-corrected chi connectivity index (χ4v) is 2.58. The number of ether oxygens (including phenoxy) is 1. The van der Waals surface area contributed by atoms with E-state index in [9.17, 15) is 0 Å². The molecule has 0 spiro atoms. The average molecular weight is 301 g/mol. The third kappa shape index (κ3) is 3.36. The first kappa shape index (κ1) is 16.2. The number of rotatable bonds is 5. The molecule has 0 saturated heterocycles. The monoisotopic (exact) mass is 301 g/mol. The molecule has 1 aliphatic rings. The Morgan fingerprint density at radius 3 is 2.68 bits per heavy atom. The van der Waals surface area contributed by atoms with Gasteiger partial charge in [0.15, 0.2) is 0 Å². The van der Waals surface area contributed by atoms with Gasteiger partial charge in [0.05, 0.1) is 12.6 Å². The molecule has 22 heavy (non-hydrogen) atoms. The molecule has 3 N–H and O–H groups in total. The van der Waals surface area contributed by atoms with Crippen molar-refractivity contribution in [2.75, 3.05) is 6.61 Å². The number of hydrogen-bond acceptors (Lipinski definition) is 5. The number of aryl methyl sites for hydroxylation is 1. The van der Waals surface area contributed by atoms with Crippen molar-refractivity contribution in [3.8, 4) is 0 Å². The molecule has 1 aliphatic carbocycles. The maximum absolute atomic E-state index is 9.16. The second-order valence-electron chi connectivity index (χ2n) is 5.50. The highest BCUT2D eigenvalue weighted by molar-refractivity contribution is 6.07. The molecule has 5 nitrogen and oxygen atoms in total. The first-order valence-electron chi connectivity index (χ1n) is 7.45. The van der Waals surface area contributed by atoms with Crippen LogP contribution in [0.15, 0.2) is 52.0 Å². The Kier molecular flexibility index (Phi) is 5.33. The Balaban J connectivity index is 2.00. The van der Waals surface area contributed by atoms with Gasteiger partial charge >= 0.3 is 0 Å². The topological polar surface area (TPSA) is 80.7 Å². The number of oxime groups is 1. The third-order valence-electron chi connectivity index (χ3n) is 4.08. The SMILES string of the molecule is CC1=C(OCCCc2ccccn2)C(C)=C(C)C(N)C1=NO. The van der Waals surface area contributed by atoms with Gasteiger partial charge in [0.2, 0.25) is 0 Å². The van der Waals surface area contributed by atoms with Crippen molar-refractivity contribution in [2.24, 2.45) is 10.9 Å². The van der Waals surface area contributed by atoms with Crippen LogP contribution >= 0.6 is 0 Å². The van der Waals surface area contributed by atoms with E-state index in [-0.39, 0.29) is 6.04 Å². The van der Waals surface area contributed by atoms with E-state index in [1.807, 2.05) is 39.0 Å². The Hall–Kier alpha value is -2.14. The van der Waals surface area contributed by atoms with Gasteiger partial charge in [-0.1, -0.05) is 11.2 Å². The summed E-state index contributed by atoms with van der Waals surface area (Å²) in [6, 6.07) is 5.53. The molecule has 1 unspecified atom stereocenters. The molecule has 118 valence electrons. The maximum atomic E-state index is 9.16. The second-order valence-corrected chi connectivity index (χ2v) is 5.50. The van der Waals surface area contributed by atoms with Gasteiger partial charge in [0.25, 0.3) is 0 Å². The fourth-order valence-electron chi connectivity index (χ4n) is 2.58.